The van der Waals surface area contributed by atoms with Gasteiger partial charge in [-0.15, -0.1) is 0 Å². The molecule has 1 N–H and O–H groups in total. The molecule has 0 radical (unpaired) electrons. The largest absolute Gasteiger partial charge is 0.381 e. The van der Waals surface area contributed by atoms with Crippen molar-refractivity contribution < 1.29 is 14.4 Å². The highest BCUT2D eigenvalue weighted by atomic mass is 16.7. The van der Waals surface area contributed by atoms with Crippen molar-refractivity contribution in [1.82, 2.24) is 15.3 Å². The molecule has 3 rings (SSSR count). The van der Waals surface area contributed by atoms with E-state index in [1.54, 1.807) is 4.68 Å². The van der Waals surface area contributed by atoms with Gasteiger partial charge in [0, 0.05) is 32.0 Å². The number of aromatic nitrogens is 2. The number of nitrogens with one attached hydrogen (secondary N) is 1. The fourth-order valence-electron chi connectivity index (χ4n) is 2.95. The van der Waals surface area contributed by atoms with E-state index < -0.39 is 0 Å². The Kier molecular flexibility index (Phi) is 4.03. The van der Waals surface area contributed by atoms with Crippen molar-refractivity contribution in [2.45, 2.75) is 44.1 Å². The number of carbonyl (C=O) groups excluding carboxylic acids is 1. The number of hydrogen-bond acceptors (Lipinski definition) is 4. The van der Waals surface area contributed by atoms with Crippen LogP contribution in [-0.2, 0) is 27.8 Å². The summed E-state index contributed by atoms with van der Waals surface area (Å²) in [5, 5.41) is 4.41. The molecule has 1 atom stereocenters. The highest BCUT2D eigenvalue weighted by Gasteiger charge is 2.29. The number of rotatable bonds is 3. The zero-order chi connectivity index (χ0) is 13.9. The zero-order valence-electron chi connectivity index (χ0n) is 11.8. The van der Waals surface area contributed by atoms with Crippen molar-refractivity contribution in [3.05, 3.63) is 17.5 Å². The third kappa shape index (κ3) is 2.86. The Morgan fingerprint density at radius 1 is 1.45 bits per heavy atom. The van der Waals surface area contributed by atoms with Gasteiger partial charge in [-0.2, -0.15) is 5.10 Å². The molecule has 1 unspecified atom stereocenters. The van der Waals surface area contributed by atoms with E-state index in [1.807, 2.05) is 13.2 Å². The fourth-order valence-corrected chi connectivity index (χ4v) is 2.95. The standard InChI is InChI=1S/C14H21N3O3/c1-17-9-12-11(3-2-4-13(12)15-17)14(18)16-20-10-5-7-19-8-6-10/h9-11H,2-8H2,1H3,(H,16,18). The van der Waals surface area contributed by atoms with Crippen LogP contribution in [0.1, 0.15) is 42.9 Å². The van der Waals surface area contributed by atoms with Crippen LogP contribution in [0, 0.1) is 0 Å². The van der Waals surface area contributed by atoms with Crippen molar-refractivity contribution in [2.24, 2.45) is 7.05 Å². The molecule has 2 heterocycles. The average molecular weight is 279 g/mol. The van der Waals surface area contributed by atoms with Crippen molar-refractivity contribution in [2.75, 3.05) is 13.2 Å². The molecule has 1 saturated heterocycles. The number of aryl methyl sites for hydroxylation is 2. The molecule has 0 bridgehead atoms. The lowest BCUT2D eigenvalue weighted by molar-refractivity contribution is -0.145. The Morgan fingerprint density at radius 2 is 2.25 bits per heavy atom. The summed E-state index contributed by atoms with van der Waals surface area (Å²) in [6.07, 6.45) is 6.52. The maximum absolute atomic E-state index is 12.3. The van der Waals surface area contributed by atoms with E-state index in [4.69, 9.17) is 9.57 Å². The number of nitrogens with zero attached hydrogens (tertiary/aromatic N) is 2. The highest BCUT2D eigenvalue weighted by molar-refractivity contribution is 5.83. The summed E-state index contributed by atoms with van der Waals surface area (Å²) in [6, 6.07) is 0. The summed E-state index contributed by atoms with van der Waals surface area (Å²) in [5.74, 6) is -0.183. The summed E-state index contributed by atoms with van der Waals surface area (Å²) in [5.41, 5.74) is 4.73. The van der Waals surface area contributed by atoms with Crippen LogP contribution in [0.4, 0.5) is 0 Å². The lowest BCUT2D eigenvalue weighted by Crippen LogP contribution is -2.36. The molecule has 6 heteroatoms. The summed E-state index contributed by atoms with van der Waals surface area (Å²) < 4.78 is 7.06. The normalized spacial score (nSPS) is 23.4. The van der Waals surface area contributed by atoms with E-state index in [9.17, 15) is 4.79 Å². The molecule has 1 aliphatic heterocycles. The molecular weight excluding hydrogens is 258 g/mol. The minimum Gasteiger partial charge on any atom is -0.381 e. The molecule has 20 heavy (non-hydrogen) atoms. The highest BCUT2D eigenvalue weighted by Crippen LogP contribution is 2.30. The van der Waals surface area contributed by atoms with Crippen LogP contribution < -0.4 is 5.48 Å². The van der Waals surface area contributed by atoms with E-state index in [0.717, 1.165) is 43.4 Å². The number of carbonyl (C=O) groups is 1. The molecular formula is C14H21N3O3. The minimum atomic E-state index is -0.132. The first-order chi connectivity index (χ1) is 9.74. The van der Waals surface area contributed by atoms with Crippen LogP contribution >= 0.6 is 0 Å². The quantitative estimate of drug-likeness (QED) is 0.840. The number of hydroxylamine groups is 1. The van der Waals surface area contributed by atoms with Gasteiger partial charge in [0.25, 0.3) is 5.91 Å². The predicted octanol–water partition coefficient (Wildman–Crippen LogP) is 1.07. The third-order valence-electron chi connectivity index (χ3n) is 4.03. The van der Waals surface area contributed by atoms with Crippen molar-refractivity contribution >= 4 is 5.91 Å². The molecule has 0 saturated carbocycles. The van der Waals surface area contributed by atoms with Gasteiger partial charge in [0.2, 0.25) is 0 Å². The number of fused-ring (bicyclic) bond motifs is 1. The molecule has 110 valence electrons. The first-order valence-electron chi connectivity index (χ1n) is 7.29. The Morgan fingerprint density at radius 3 is 3.05 bits per heavy atom. The number of amides is 1. The maximum atomic E-state index is 12.3. The second-order valence-corrected chi connectivity index (χ2v) is 5.55. The Balaban J connectivity index is 1.60. The molecule has 6 nitrogen and oxygen atoms in total. The van der Waals surface area contributed by atoms with Crippen LogP contribution in [0.25, 0.3) is 0 Å². The van der Waals surface area contributed by atoms with Gasteiger partial charge in [-0.1, -0.05) is 0 Å². The van der Waals surface area contributed by atoms with E-state index in [-0.39, 0.29) is 17.9 Å². The van der Waals surface area contributed by atoms with E-state index in [0.29, 0.717) is 13.2 Å². The summed E-state index contributed by atoms with van der Waals surface area (Å²) in [7, 11) is 1.89. The fraction of sp³-hybridized carbons (Fsp3) is 0.714. The van der Waals surface area contributed by atoms with Crippen LogP contribution in [0.15, 0.2) is 6.20 Å². The van der Waals surface area contributed by atoms with Gasteiger partial charge in [0.15, 0.2) is 0 Å². The Bertz CT molecular complexity index is 480. The van der Waals surface area contributed by atoms with Gasteiger partial charge in [-0.05, 0) is 32.1 Å². The minimum absolute atomic E-state index is 0.0505. The molecule has 1 amide bonds. The van der Waals surface area contributed by atoms with Gasteiger partial charge in [0.05, 0.1) is 17.7 Å². The number of hydrogen-bond donors (Lipinski definition) is 1. The first-order valence-corrected chi connectivity index (χ1v) is 7.29. The van der Waals surface area contributed by atoms with Crippen LogP contribution in [0.2, 0.25) is 0 Å². The summed E-state index contributed by atoms with van der Waals surface area (Å²) in [6.45, 7) is 1.41. The van der Waals surface area contributed by atoms with Gasteiger partial charge in [-0.3, -0.25) is 14.3 Å². The molecule has 1 aliphatic carbocycles. The van der Waals surface area contributed by atoms with Gasteiger partial charge in [-0.25, -0.2) is 5.48 Å². The molecule has 0 aromatic carbocycles. The SMILES string of the molecule is Cn1cc2c(n1)CCCC2C(=O)NOC1CCOCC1. The average Bonchev–Trinajstić information content (AvgIpc) is 2.85. The van der Waals surface area contributed by atoms with E-state index in [1.165, 1.54) is 0 Å². The molecule has 1 aromatic rings. The van der Waals surface area contributed by atoms with Gasteiger partial charge < -0.3 is 4.74 Å². The van der Waals surface area contributed by atoms with E-state index in [2.05, 4.69) is 10.6 Å². The molecule has 2 aliphatic rings. The molecule has 0 spiro atoms. The van der Waals surface area contributed by atoms with Crippen LogP contribution in [0.3, 0.4) is 0 Å². The topological polar surface area (TPSA) is 65.4 Å². The lowest BCUT2D eigenvalue weighted by atomic mass is 9.87. The number of ether oxygens (including phenoxy) is 1. The smallest absolute Gasteiger partial charge is 0.251 e. The Labute approximate surface area is 118 Å². The summed E-state index contributed by atoms with van der Waals surface area (Å²) >= 11 is 0. The summed E-state index contributed by atoms with van der Waals surface area (Å²) in [4.78, 5) is 17.8. The van der Waals surface area contributed by atoms with Gasteiger partial charge in [0.1, 0.15) is 0 Å². The van der Waals surface area contributed by atoms with Crippen molar-refractivity contribution in [1.29, 1.82) is 0 Å². The van der Waals surface area contributed by atoms with Gasteiger partial charge >= 0.3 is 0 Å². The van der Waals surface area contributed by atoms with E-state index >= 15 is 0 Å². The molecule has 1 aromatic heterocycles. The first kappa shape index (κ1) is 13.6. The predicted molar refractivity (Wildman–Crippen MR) is 72.0 cm³/mol. The zero-order valence-corrected chi connectivity index (χ0v) is 11.8. The lowest BCUT2D eigenvalue weighted by Gasteiger charge is -2.24. The van der Waals surface area contributed by atoms with Crippen molar-refractivity contribution in [3.63, 3.8) is 0 Å². The van der Waals surface area contributed by atoms with Crippen molar-refractivity contribution in [3.8, 4) is 0 Å². The molecule has 1 fully saturated rings. The Hall–Kier alpha value is -1.40. The van der Waals surface area contributed by atoms with Crippen LogP contribution in [0.5, 0.6) is 0 Å². The monoisotopic (exact) mass is 279 g/mol. The second-order valence-electron chi connectivity index (χ2n) is 5.55. The third-order valence-corrected chi connectivity index (χ3v) is 4.03. The maximum Gasteiger partial charge on any atom is 0.251 e. The van der Waals surface area contributed by atoms with Crippen LogP contribution in [-0.4, -0.2) is 35.0 Å². The second kappa shape index (κ2) is 5.93.